The lowest BCUT2D eigenvalue weighted by Gasteiger charge is -2.13. The molecule has 0 amide bonds. The van der Waals surface area contributed by atoms with Crippen LogP contribution in [-0.4, -0.2) is 11.7 Å². The number of nitrogens with zero attached hydrogens (tertiary/aromatic N) is 2. The standard InChI is InChI=1S/C17H16N2O2/c1-21-16-9-12(5-6-14(16)10-18)11-19-15-4-2-3-13(15)7-8-17(19)20/h5-9H,2-4,11H2,1H3. The van der Waals surface area contributed by atoms with Crippen molar-refractivity contribution < 1.29 is 4.74 Å². The number of benzene rings is 1. The predicted molar refractivity (Wildman–Crippen MR) is 79.5 cm³/mol. The van der Waals surface area contributed by atoms with Crippen LogP contribution in [0, 0.1) is 11.3 Å². The van der Waals surface area contributed by atoms with E-state index >= 15 is 0 Å². The zero-order chi connectivity index (χ0) is 14.8. The first-order valence-corrected chi connectivity index (χ1v) is 7.01. The fourth-order valence-electron chi connectivity index (χ4n) is 2.92. The highest BCUT2D eigenvalue weighted by atomic mass is 16.5. The summed E-state index contributed by atoms with van der Waals surface area (Å²) in [5.74, 6) is 0.552. The van der Waals surface area contributed by atoms with Gasteiger partial charge in [-0.3, -0.25) is 4.79 Å². The minimum Gasteiger partial charge on any atom is -0.495 e. The van der Waals surface area contributed by atoms with Gasteiger partial charge in [-0.25, -0.2) is 0 Å². The van der Waals surface area contributed by atoms with Crippen LogP contribution in [0.2, 0.25) is 0 Å². The van der Waals surface area contributed by atoms with E-state index in [-0.39, 0.29) is 5.56 Å². The van der Waals surface area contributed by atoms with E-state index < -0.39 is 0 Å². The maximum atomic E-state index is 12.1. The van der Waals surface area contributed by atoms with E-state index in [2.05, 4.69) is 6.07 Å². The van der Waals surface area contributed by atoms with Crippen LogP contribution in [0.1, 0.15) is 28.8 Å². The number of fused-ring (bicyclic) bond motifs is 1. The first-order valence-electron chi connectivity index (χ1n) is 7.01. The summed E-state index contributed by atoms with van der Waals surface area (Å²) >= 11 is 0. The molecule has 0 saturated carbocycles. The van der Waals surface area contributed by atoms with Gasteiger partial charge in [0.1, 0.15) is 11.8 Å². The van der Waals surface area contributed by atoms with Gasteiger partial charge in [0.15, 0.2) is 0 Å². The number of hydrogen-bond acceptors (Lipinski definition) is 3. The molecular weight excluding hydrogens is 264 g/mol. The van der Waals surface area contributed by atoms with Crippen molar-refractivity contribution in [3.63, 3.8) is 0 Å². The summed E-state index contributed by atoms with van der Waals surface area (Å²) in [5.41, 5.74) is 3.92. The molecule has 4 heteroatoms. The number of rotatable bonds is 3. The average Bonchev–Trinajstić information content (AvgIpc) is 2.98. The molecule has 21 heavy (non-hydrogen) atoms. The van der Waals surface area contributed by atoms with Gasteiger partial charge >= 0.3 is 0 Å². The number of hydrogen-bond donors (Lipinski definition) is 0. The van der Waals surface area contributed by atoms with Crippen molar-refractivity contribution in [3.8, 4) is 11.8 Å². The SMILES string of the molecule is COc1cc(Cn2c3c(ccc2=O)CCC3)ccc1C#N. The van der Waals surface area contributed by atoms with E-state index in [4.69, 9.17) is 10.00 Å². The van der Waals surface area contributed by atoms with Crippen molar-refractivity contribution in [2.24, 2.45) is 0 Å². The van der Waals surface area contributed by atoms with Crippen LogP contribution in [0.4, 0.5) is 0 Å². The fraction of sp³-hybridized carbons (Fsp3) is 0.294. The summed E-state index contributed by atoms with van der Waals surface area (Å²) in [6.07, 6.45) is 3.11. The van der Waals surface area contributed by atoms with Crippen LogP contribution in [0.25, 0.3) is 0 Å². The highest BCUT2D eigenvalue weighted by Gasteiger charge is 2.16. The molecule has 2 aromatic rings. The summed E-state index contributed by atoms with van der Waals surface area (Å²) in [5, 5.41) is 9.02. The normalized spacial score (nSPS) is 12.8. The van der Waals surface area contributed by atoms with E-state index in [1.165, 1.54) is 5.56 Å². The third-order valence-corrected chi connectivity index (χ3v) is 3.98. The van der Waals surface area contributed by atoms with Crippen LogP contribution >= 0.6 is 0 Å². The molecule has 3 rings (SSSR count). The molecule has 0 aliphatic heterocycles. The molecule has 1 aromatic carbocycles. The van der Waals surface area contributed by atoms with Gasteiger partial charge in [-0.05, 0) is 42.5 Å². The highest BCUT2D eigenvalue weighted by molar-refractivity contribution is 5.45. The Kier molecular flexibility index (Phi) is 3.49. The molecule has 0 saturated heterocycles. The molecule has 1 heterocycles. The van der Waals surface area contributed by atoms with Gasteiger partial charge in [0, 0.05) is 11.8 Å². The lowest BCUT2D eigenvalue weighted by Crippen LogP contribution is -2.23. The largest absolute Gasteiger partial charge is 0.495 e. The number of aryl methyl sites for hydroxylation is 1. The monoisotopic (exact) mass is 280 g/mol. The highest BCUT2D eigenvalue weighted by Crippen LogP contribution is 2.23. The van der Waals surface area contributed by atoms with Crippen molar-refractivity contribution in [3.05, 3.63) is 63.1 Å². The maximum absolute atomic E-state index is 12.1. The Morgan fingerprint density at radius 2 is 2.14 bits per heavy atom. The third-order valence-electron chi connectivity index (χ3n) is 3.98. The van der Waals surface area contributed by atoms with Gasteiger partial charge in [0.2, 0.25) is 0 Å². The predicted octanol–water partition coefficient (Wildman–Crippen LogP) is 2.27. The Balaban J connectivity index is 2.00. The summed E-state index contributed by atoms with van der Waals surface area (Å²) in [6, 6.07) is 11.1. The summed E-state index contributed by atoms with van der Waals surface area (Å²) < 4.78 is 7.06. The minimum atomic E-state index is 0.0268. The molecule has 0 N–H and O–H groups in total. The van der Waals surface area contributed by atoms with Crippen molar-refractivity contribution >= 4 is 0 Å². The van der Waals surface area contributed by atoms with E-state index in [1.807, 2.05) is 22.8 Å². The second-order valence-corrected chi connectivity index (χ2v) is 5.23. The smallest absolute Gasteiger partial charge is 0.251 e. The Morgan fingerprint density at radius 1 is 1.29 bits per heavy atom. The van der Waals surface area contributed by atoms with E-state index in [9.17, 15) is 4.79 Å². The molecule has 1 aliphatic carbocycles. The Hall–Kier alpha value is -2.54. The van der Waals surface area contributed by atoms with E-state index in [0.29, 0.717) is 17.9 Å². The van der Waals surface area contributed by atoms with Gasteiger partial charge in [0.25, 0.3) is 5.56 Å². The van der Waals surface area contributed by atoms with Gasteiger partial charge in [-0.15, -0.1) is 0 Å². The molecular formula is C17H16N2O2. The summed E-state index contributed by atoms with van der Waals surface area (Å²) in [7, 11) is 1.55. The zero-order valence-corrected chi connectivity index (χ0v) is 11.9. The molecule has 4 nitrogen and oxygen atoms in total. The first kappa shape index (κ1) is 13.4. The number of nitriles is 1. The van der Waals surface area contributed by atoms with Crippen LogP contribution in [0.15, 0.2) is 35.1 Å². The molecule has 0 radical (unpaired) electrons. The Morgan fingerprint density at radius 3 is 2.90 bits per heavy atom. The Labute approximate surface area is 123 Å². The van der Waals surface area contributed by atoms with Gasteiger partial charge in [0.05, 0.1) is 19.2 Å². The average molecular weight is 280 g/mol. The quantitative estimate of drug-likeness (QED) is 0.866. The zero-order valence-electron chi connectivity index (χ0n) is 11.9. The molecule has 0 atom stereocenters. The molecule has 0 bridgehead atoms. The molecule has 1 aromatic heterocycles. The van der Waals surface area contributed by atoms with Crippen molar-refractivity contribution in [2.45, 2.75) is 25.8 Å². The third kappa shape index (κ3) is 2.43. The lowest BCUT2D eigenvalue weighted by molar-refractivity contribution is 0.412. The topological polar surface area (TPSA) is 55.0 Å². The second-order valence-electron chi connectivity index (χ2n) is 5.23. The van der Waals surface area contributed by atoms with Crippen molar-refractivity contribution in [1.29, 1.82) is 5.26 Å². The van der Waals surface area contributed by atoms with Crippen molar-refractivity contribution in [1.82, 2.24) is 4.57 Å². The molecule has 0 fully saturated rings. The van der Waals surface area contributed by atoms with Crippen LogP contribution < -0.4 is 10.3 Å². The number of pyridine rings is 1. The van der Waals surface area contributed by atoms with Gasteiger partial charge in [-0.2, -0.15) is 5.26 Å². The van der Waals surface area contributed by atoms with Crippen LogP contribution in [0.3, 0.4) is 0 Å². The van der Waals surface area contributed by atoms with Crippen molar-refractivity contribution in [2.75, 3.05) is 7.11 Å². The molecule has 1 aliphatic rings. The number of aromatic nitrogens is 1. The minimum absolute atomic E-state index is 0.0268. The van der Waals surface area contributed by atoms with E-state index in [0.717, 1.165) is 30.5 Å². The van der Waals surface area contributed by atoms with Gasteiger partial charge in [-0.1, -0.05) is 12.1 Å². The van der Waals surface area contributed by atoms with E-state index in [1.54, 1.807) is 19.2 Å². The second kappa shape index (κ2) is 5.45. The number of methoxy groups -OCH3 is 1. The summed E-state index contributed by atoms with van der Waals surface area (Å²) in [4.78, 5) is 12.1. The van der Waals surface area contributed by atoms with Gasteiger partial charge < -0.3 is 9.30 Å². The molecule has 0 unspecified atom stereocenters. The van der Waals surface area contributed by atoms with Crippen LogP contribution in [-0.2, 0) is 19.4 Å². The fourth-order valence-corrected chi connectivity index (χ4v) is 2.92. The molecule has 106 valence electrons. The maximum Gasteiger partial charge on any atom is 0.251 e. The molecule has 0 spiro atoms. The Bertz CT molecular complexity index is 784. The number of ether oxygens (including phenoxy) is 1. The van der Waals surface area contributed by atoms with Crippen LogP contribution in [0.5, 0.6) is 5.75 Å². The first-order chi connectivity index (χ1) is 10.2. The summed E-state index contributed by atoms with van der Waals surface area (Å²) in [6.45, 7) is 0.518. The lowest BCUT2D eigenvalue weighted by atomic mass is 10.1.